The van der Waals surface area contributed by atoms with Gasteiger partial charge in [0.25, 0.3) is 0 Å². The first kappa shape index (κ1) is 14.3. The smallest absolute Gasteiger partial charge is 0.184 e. The summed E-state index contributed by atoms with van der Waals surface area (Å²) in [6.45, 7) is 0.116. The van der Waals surface area contributed by atoms with Crippen molar-refractivity contribution in [3.63, 3.8) is 0 Å². The number of rotatable bonds is 3. The van der Waals surface area contributed by atoms with Gasteiger partial charge in [-0.25, -0.2) is 4.68 Å². The van der Waals surface area contributed by atoms with Crippen molar-refractivity contribution in [2.75, 3.05) is 0 Å². The highest BCUT2D eigenvalue weighted by atomic mass is 16.6. The first-order chi connectivity index (χ1) is 8.95. The molecule has 108 valence electrons. The molecule has 1 aromatic rings. The molecule has 0 bridgehead atoms. The third-order valence-corrected chi connectivity index (χ3v) is 2.96. The maximum absolute atomic E-state index is 9.98. The molecule has 0 radical (unpaired) electrons. The minimum atomic E-state index is -1.73. The summed E-state index contributed by atoms with van der Waals surface area (Å²) in [4.78, 5) is 0. The molecule has 0 aliphatic carbocycles. The lowest BCUT2D eigenvalue weighted by molar-refractivity contribution is -0.305. The normalized spacial score (nSPS) is 37.3. The van der Waals surface area contributed by atoms with E-state index >= 15 is 0 Å². The molecule has 0 amide bonds. The zero-order valence-electron chi connectivity index (χ0n) is 9.81. The number of ether oxygens (including phenoxy) is 1. The van der Waals surface area contributed by atoms with Crippen LogP contribution in [0.25, 0.3) is 0 Å². The van der Waals surface area contributed by atoms with Crippen LogP contribution in [0.5, 0.6) is 0 Å². The molecule has 0 saturated carbocycles. The molecule has 1 fully saturated rings. The average molecular weight is 276 g/mol. The van der Waals surface area contributed by atoms with Gasteiger partial charge in [-0.2, -0.15) is 0 Å². The van der Waals surface area contributed by atoms with E-state index in [1.807, 2.05) is 0 Å². The zero-order valence-corrected chi connectivity index (χ0v) is 9.81. The third kappa shape index (κ3) is 2.60. The van der Waals surface area contributed by atoms with Crippen molar-refractivity contribution < 1.29 is 30.3 Å². The Morgan fingerprint density at radius 1 is 1.26 bits per heavy atom. The lowest BCUT2D eigenvalue weighted by atomic mass is 9.98. The van der Waals surface area contributed by atoms with E-state index in [-0.39, 0.29) is 6.54 Å². The number of aromatic nitrogens is 3. The molecule has 0 spiro atoms. The second-order valence-corrected chi connectivity index (χ2v) is 4.27. The number of aliphatic hydroxyl groups excluding tert-OH is 5. The fourth-order valence-corrected chi connectivity index (χ4v) is 1.82. The van der Waals surface area contributed by atoms with E-state index in [9.17, 15) is 25.5 Å². The van der Waals surface area contributed by atoms with Crippen LogP contribution in [0, 0.1) is 0 Å². The van der Waals surface area contributed by atoms with Crippen LogP contribution in [-0.4, -0.2) is 71.2 Å². The van der Waals surface area contributed by atoms with E-state index in [1.165, 1.54) is 6.20 Å². The van der Waals surface area contributed by atoms with Crippen LogP contribution in [-0.2, 0) is 11.3 Å². The molecular weight excluding hydrogens is 260 g/mol. The minimum absolute atomic E-state index is 0.116. The van der Waals surface area contributed by atoms with Crippen molar-refractivity contribution in [2.24, 2.45) is 5.73 Å². The number of nitrogens with two attached hydrogens (primary N) is 1. The average Bonchev–Trinajstić information content (AvgIpc) is 2.88. The topological polar surface area (TPSA) is 167 Å². The van der Waals surface area contributed by atoms with Crippen LogP contribution in [0.3, 0.4) is 0 Å². The van der Waals surface area contributed by atoms with Crippen LogP contribution in [0.4, 0.5) is 0 Å². The molecule has 1 aliphatic rings. The number of hydrogen-bond acceptors (Lipinski definition) is 9. The largest absolute Gasteiger partial charge is 0.387 e. The molecule has 7 N–H and O–H groups in total. The maximum atomic E-state index is 9.98. The Morgan fingerprint density at radius 2 is 1.95 bits per heavy atom. The monoisotopic (exact) mass is 276 g/mol. The van der Waals surface area contributed by atoms with Crippen molar-refractivity contribution in [2.45, 2.75) is 43.5 Å². The van der Waals surface area contributed by atoms with Gasteiger partial charge in [0.15, 0.2) is 12.5 Å². The molecule has 2 rings (SSSR count). The number of nitrogens with zero attached hydrogens (tertiary/aromatic N) is 3. The van der Waals surface area contributed by atoms with E-state index in [0.29, 0.717) is 5.69 Å². The molecule has 1 aromatic heterocycles. The minimum Gasteiger partial charge on any atom is -0.387 e. The summed E-state index contributed by atoms with van der Waals surface area (Å²) in [6.07, 6.45) is -8.17. The summed E-state index contributed by atoms with van der Waals surface area (Å²) in [5, 5.41) is 55.1. The van der Waals surface area contributed by atoms with Gasteiger partial charge >= 0.3 is 0 Å². The molecule has 10 nitrogen and oxygen atoms in total. The van der Waals surface area contributed by atoms with E-state index in [0.717, 1.165) is 4.68 Å². The highest BCUT2D eigenvalue weighted by Gasteiger charge is 2.46. The SMILES string of the molecule is NCc1cn(C(O)[C@@H]2OC(O)[C@H](O)[C@@H](O)[C@H]2O)nn1. The lowest BCUT2D eigenvalue weighted by Gasteiger charge is -2.39. The van der Waals surface area contributed by atoms with Crippen LogP contribution in [0.2, 0.25) is 0 Å². The summed E-state index contributed by atoms with van der Waals surface area (Å²) in [5.74, 6) is 0. The highest BCUT2D eigenvalue weighted by Crippen LogP contribution is 2.26. The Balaban J connectivity index is 2.15. The molecule has 2 heterocycles. The van der Waals surface area contributed by atoms with Gasteiger partial charge in [0.05, 0.1) is 11.9 Å². The van der Waals surface area contributed by atoms with E-state index in [1.54, 1.807) is 0 Å². The van der Waals surface area contributed by atoms with Gasteiger partial charge < -0.3 is 36.0 Å². The number of aliphatic hydroxyl groups is 5. The van der Waals surface area contributed by atoms with E-state index in [2.05, 4.69) is 10.3 Å². The fraction of sp³-hybridized carbons (Fsp3) is 0.778. The van der Waals surface area contributed by atoms with Gasteiger partial charge in [0.1, 0.15) is 24.4 Å². The standard InChI is InChI=1S/C9H16N4O6/c10-1-3-2-13(12-11-3)8(17)7-5(15)4(14)6(16)9(18)19-7/h2,4-9,14-18H,1,10H2/t4-,5+,6+,7+,8?,9?/m0/s1. The first-order valence-corrected chi connectivity index (χ1v) is 5.62. The highest BCUT2D eigenvalue weighted by molar-refractivity contribution is 4.95. The van der Waals surface area contributed by atoms with Crippen LogP contribution >= 0.6 is 0 Å². The Labute approximate surface area is 107 Å². The van der Waals surface area contributed by atoms with Crippen LogP contribution < -0.4 is 5.73 Å². The summed E-state index contributed by atoms with van der Waals surface area (Å²) in [5.41, 5.74) is 5.75. The third-order valence-electron chi connectivity index (χ3n) is 2.96. The second kappa shape index (κ2) is 5.46. The van der Waals surface area contributed by atoms with Crippen molar-refractivity contribution in [3.05, 3.63) is 11.9 Å². The van der Waals surface area contributed by atoms with Crippen molar-refractivity contribution in [3.8, 4) is 0 Å². The maximum Gasteiger partial charge on any atom is 0.184 e. The predicted octanol–water partition coefficient (Wildman–Crippen LogP) is -3.97. The Hall–Kier alpha value is -1.14. The second-order valence-electron chi connectivity index (χ2n) is 4.27. The molecule has 19 heavy (non-hydrogen) atoms. The zero-order chi connectivity index (χ0) is 14.2. The van der Waals surface area contributed by atoms with E-state index in [4.69, 9.17) is 10.5 Å². The van der Waals surface area contributed by atoms with E-state index < -0.39 is 36.9 Å². The van der Waals surface area contributed by atoms with Crippen LogP contribution in [0.1, 0.15) is 11.9 Å². The Morgan fingerprint density at radius 3 is 2.53 bits per heavy atom. The molecule has 2 unspecified atom stereocenters. The van der Waals surface area contributed by atoms with Crippen molar-refractivity contribution in [1.29, 1.82) is 0 Å². The van der Waals surface area contributed by atoms with Crippen LogP contribution in [0.15, 0.2) is 6.20 Å². The van der Waals surface area contributed by atoms with Gasteiger partial charge in [0.2, 0.25) is 0 Å². The van der Waals surface area contributed by atoms with Gasteiger partial charge in [-0.3, -0.25) is 0 Å². The van der Waals surface area contributed by atoms with Crippen molar-refractivity contribution >= 4 is 0 Å². The first-order valence-electron chi connectivity index (χ1n) is 5.62. The molecule has 1 saturated heterocycles. The molecular formula is C9H16N4O6. The molecule has 6 atom stereocenters. The van der Waals surface area contributed by atoms with Gasteiger partial charge in [-0.05, 0) is 0 Å². The molecule has 1 aliphatic heterocycles. The summed E-state index contributed by atoms with van der Waals surface area (Å²) in [7, 11) is 0. The van der Waals surface area contributed by atoms with Crippen molar-refractivity contribution in [1.82, 2.24) is 15.0 Å². The Bertz CT molecular complexity index is 429. The summed E-state index contributed by atoms with van der Waals surface area (Å²) >= 11 is 0. The van der Waals surface area contributed by atoms with Gasteiger partial charge in [-0.15, -0.1) is 5.10 Å². The van der Waals surface area contributed by atoms with Gasteiger partial charge in [-0.1, -0.05) is 5.21 Å². The lowest BCUT2D eigenvalue weighted by Crippen LogP contribution is -2.59. The summed E-state index contributed by atoms with van der Waals surface area (Å²) in [6, 6.07) is 0. The molecule has 10 heteroatoms. The number of hydrogen-bond donors (Lipinski definition) is 6. The fourth-order valence-electron chi connectivity index (χ4n) is 1.82. The Kier molecular flexibility index (Phi) is 4.10. The predicted molar refractivity (Wildman–Crippen MR) is 58.1 cm³/mol. The molecule has 0 aromatic carbocycles. The quantitative estimate of drug-likeness (QED) is 0.322. The summed E-state index contributed by atoms with van der Waals surface area (Å²) < 4.78 is 5.85. The van der Waals surface area contributed by atoms with Gasteiger partial charge in [0, 0.05) is 6.54 Å².